The van der Waals surface area contributed by atoms with E-state index in [0.29, 0.717) is 12.0 Å². The zero-order chi connectivity index (χ0) is 14.6. The summed E-state index contributed by atoms with van der Waals surface area (Å²) in [7, 11) is 0. The molecule has 0 atom stereocenters. The van der Waals surface area contributed by atoms with Gasteiger partial charge in [0.15, 0.2) is 0 Å². The first-order valence-electron chi connectivity index (χ1n) is 6.38. The monoisotopic (exact) mass is 284 g/mol. The Labute approximate surface area is 114 Å². The van der Waals surface area contributed by atoms with E-state index in [1.807, 2.05) is 24.3 Å². The lowest BCUT2D eigenvalue weighted by Crippen LogP contribution is -2.24. The number of aromatic amines is 1. The average molecular weight is 284 g/mol. The molecule has 108 valence electrons. The predicted molar refractivity (Wildman–Crippen MR) is 70.5 cm³/mol. The number of aromatic nitrogens is 1. The number of carbonyl (C=O) groups is 1. The van der Waals surface area contributed by atoms with Gasteiger partial charge < -0.3 is 10.3 Å². The van der Waals surface area contributed by atoms with Crippen LogP contribution in [0.1, 0.15) is 29.6 Å². The lowest BCUT2D eigenvalue weighted by Gasteiger charge is -2.06. The molecule has 0 radical (unpaired) electrons. The molecule has 0 aliphatic carbocycles. The number of fused-ring (bicyclic) bond motifs is 1. The molecular weight excluding hydrogens is 269 g/mol. The van der Waals surface area contributed by atoms with E-state index in [1.54, 1.807) is 6.20 Å². The van der Waals surface area contributed by atoms with Crippen molar-refractivity contribution in [1.82, 2.24) is 10.3 Å². The van der Waals surface area contributed by atoms with E-state index in [0.717, 1.165) is 10.9 Å². The Kier molecular flexibility index (Phi) is 4.32. The molecule has 3 nitrogen and oxygen atoms in total. The number of halogens is 3. The van der Waals surface area contributed by atoms with Gasteiger partial charge in [-0.1, -0.05) is 18.2 Å². The maximum atomic E-state index is 11.9. The number of unbranched alkanes of at least 4 members (excludes halogenated alkanes) is 1. The second-order valence-corrected chi connectivity index (χ2v) is 4.58. The fourth-order valence-electron chi connectivity index (χ4n) is 2.01. The van der Waals surface area contributed by atoms with Crippen LogP contribution in [-0.4, -0.2) is 23.6 Å². The van der Waals surface area contributed by atoms with Gasteiger partial charge in [0.05, 0.1) is 5.56 Å². The molecule has 0 spiro atoms. The first kappa shape index (κ1) is 14.4. The van der Waals surface area contributed by atoms with E-state index < -0.39 is 12.6 Å². The molecule has 0 aliphatic heterocycles. The molecule has 2 rings (SSSR count). The minimum Gasteiger partial charge on any atom is -0.360 e. The molecule has 0 saturated carbocycles. The van der Waals surface area contributed by atoms with Crippen molar-refractivity contribution in [1.29, 1.82) is 0 Å². The van der Waals surface area contributed by atoms with Crippen LogP contribution in [0, 0.1) is 0 Å². The number of hydrogen-bond donors (Lipinski definition) is 2. The number of alkyl halides is 3. The van der Waals surface area contributed by atoms with Crippen molar-refractivity contribution in [2.45, 2.75) is 25.4 Å². The Hall–Kier alpha value is -1.98. The second kappa shape index (κ2) is 5.98. The topological polar surface area (TPSA) is 44.9 Å². The normalized spacial score (nSPS) is 11.8. The summed E-state index contributed by atoms with van der Waals surface area (Å²) in [5.41, 5.74) is 1.37. The minimum atomic E-state index is -4.12. The van der Waals surface area contributed by atoms with Crippen LogP contribution in [0.3, 0.4) is 0 Å². The highest BCUT2D eigenvalue weighted by Crippen LogP contribution is 2.22. The van der Waals surface area contributed by atoms with Gasteiger partial charge in [0, 0.05) is 30.1 Å². The van der Waals surface area contributed by atoms with Crippen molar-refractivity contribution in [2.75, 3.05) is 6.54 Å². The lowest BCUT2D eigenvalue weighted by molar-refractivity contribution is -0.135. The molecule has 0 bridgehead atoms. The minimum absolute atomic E-state index is 0.0255. The molecule has 0 fully saturated rings. The number of rotatable bonds is 5. The summed E-state index contributed by atoms with van der Waals surface area (Å²) >= 11 is 0. The molecule has 0 unspecified atom stereocenters. The van der Waals surface area contributed by atoms with E-state index in [-0.39, 0.29) is 18.9 Å². The Morgan fingerprint density at radius 2 is 1.95 bits per heavy atom. The summed E-state index contributed by atoms with van der Waals surface area (Å²) in [6, 6.07) is 7.37. The lowest BCUT2D eigenvalue weighted by atomic mass is 10.1. The molecule has 2 aromatic rings. The number of benzene rings is 1. The van der Waals surface area contributed by atoms with Crippen molar-refractivity contribution in [3.63, 3.8) is 0 Å². The standard InChI is InChI=1S/C14H15F3N2O/c15-14(16,17)7-3-4-8-18-13(20)11-9-19-12-6-2-1-5-10(11)12/h1-2,5-6,9,19H,3-4,7-8H2,(H,18,20). The van der Waals surface area contributed by atoms with Crippen LogP contribution < -0.4 is 5.32 Å². The molecule has 1 amide bonds. The predicted octanol–water partition coefficient (Wildman–Crippen LogP) is 3.63. The summed E-state index contributed by atoms with van der Waals surface area (Å²) in [4.78, 5) is 14.9. The van der Waals surface area contributed by atoms with Gasteiger partial charge in [0.2, 0.25) is 0 Å². The molecule has 0 saturated heterocycles. The first-order valence-corrected chi connectivity index (χ1v) is 6.38. The molecule has 1 aromatic heterocycles. The highest BCUT2D eigenvalue weighted by atomic mass is 19.4. The smallest absolute Gasteiger partial charge is 0.360 e. The average Bonchev–Trinajstić information content (AvgIpc) is 2.80. The SMILES string of the molecule is O=C(NCCCCC(F)(F)F)c1c[nH]c2ccccc12. The number of nitrogens with one attached hydrogen (secondary N) is 2. The van der Waals surface area contributed by atoms with Gasteiger partial charge in [-0.2, -0.15) is 13.2 Å². The van der Waals surface area contributed by atoms with Gasteiger partial charge >= 0.3 is 6.18 Å². The van der Waals surface area contributed by atoms with Gasteiger partial charge in [-0.05, 0) is 18.9 Å². The van der Waals surface area contributed by atoms with Gasteiger partial charge in [-0.15, -0.1) is 0 Å². The van der Waals surface area contributed by atoms with Crippen molar-refractivity contribution >= 4 is 16.8 Å². The Bertz CT molecular complexity index is 589. The molecule has 6 heteroatoms. The number of amides is 1. The fourth-order valence-corrected chi connectivity index (χ4v) is 2.01. The molecule has 20 heavy (non-hydrogen) atoms. The van der Waals surface area contributed by atoms with E-state index in [2.05, 4.69) is 10.3 Å². The Morgan fingerprint density at radius 1 is 1.20 bits per heavy atom. The largest absolute Gasteiger partial charge is 0.389 e. The summed E-state index contributed by atoms with van der Waals surface area (Å²) in [5.74, 6) is -0.269. The summed E-state index contributed by atoms with van der Waals surface area (Å²) in [6.45, 7) is 0.244. The highest BCUT2D eigenvalue weighted by Gasteiger charge is 2.25. The van der Waals surface area contributed by atoms with Crippen LogP contribution in [0.15, 0.2) is 30.5 Å². The quantitative estimate of drug-likeness (QED) is 0.809. The maximum Gasteiger partial charge on any atom is 0.389 e. The molecule has 0 aliphatic rings. The highest BCUT2D eigenvalue weighted by molar-refractivity contribution is 6.06. The van der Waals surface area contributed by atoms with Crippen molar-refractivity contribution in [3.8, 4) is 0 Å². The summed E-state index contributed by atoms with van der Waals surface area (Å²) in [6.07, 6.45) is -2.99. The van der Waals surface area contributed by atoms with Crippen LogP contribution >= 0.6 is 0 Å². The Balaban J connectivity index is 1.84. The van der Waals surface area contributed by atoms with Crippen LogP contribution in [0.5, 0.6) is 0 Å². The number of carbonyl (C=O) groups excluding carboxylic acids is 1. The summed E-state index contributed by atoms with van der Waals surface area (Å²) in [5, 5.41) is 3.44. The van der Waals surface area contributed by atoms with Gasteiger partial charge in [0.1, 0.15) is 0 Å². The number of para-hydroxylation sites is 1. The molecule has 1 aromatic carbocycles. The molecule has 2 N–H and O–H groups in total. The number of H-pyrrole nitrogens is 1. The first-order chi connectivity index (χ1) is 9.47. The van der Waals surface area contributed by atoms with E-state index >= 15 is 0 Å². The second-order valence-electron chi connectivity index (χ2n) is 4.58. The fraction of sp³-hybridized carbons (Fsp3) is 0.357. The van der Waals surface area contributed by atoms with Crippen molar-refractivity contribution in [3.05, 3.63) is 36.0 Å². The van der Waals surface area contributed by atoms with Crippen molar-refractivity contribution < 1.29 is 18.0 Å². The molecular formula is C14H15F3N2O. The van der Waals surface area contributed by atoms with Gasteiger partial charge in [-0.3, -0.25) is 4.79 Å². The van der Waals surface area contributed by atoms with E-state index in [9.17, 15) is 18.0 Å². The van der Waals surface area contributed by atoms with Gasteiger partial charge in [-0.25, -0.2) is 0 Å². The van der Waals surface area contributed by atoms with Crippen LogP contribution in [0.25, 0.3) is 10.9 Å². The third-order valence-electron chi connectivity index (χ3n) is 3.01. The third kappa shape index (κ3) is 3.76. The summed E-state index contributed by atoms with van der Waals surface area (Å²) < 4.78 is 35.8. The van der Waals surface area contributed by atoms with Gasteiger partial charge in [0.25, 0.3) is 5.91 Å². The zero-order valence-corrected chi connectivity index (χ0v) is 10.8. The van der Waals surface area contributed by atoms with E-state index in [1.165, 1.54) is 0 Å². The number of hydrogen-bond acceptors (Lipinski definition) is 1. The zero-order valence-electron chi connectivity index (χ0n) is 10.8. The molecule has 1 heterocycles. The van der Waals surface area contributed by atoms with Crippen LogP contribution in [-0.2, 0) is 0 Å². The van der Waals surface area contributed by atoms with Crippen LogP contribution in [0.4, 0.5) is 13.2 Å². The third-order valence-corrected chi connectivity index (χ3v) is 3.01. The maximum absolute atomic E-state index is 11.9. The van der Waals surface area contributed by atoms with Crippen LogP contribution in [0.2, 0.25) is 0 Å². The van der Waals surface area contributed by atoms with Crippen molar-refractivity contribution in [2.24, 2.45) is 0 Å². The Morgan fingerprint density at radius 3 is 2.70 bits per heavy atom. The van der Waals surface area contributed by atoms with E-state index in [4.69, 9.17) is 0 Å².